The molecule has 1 aromatic heterocycles. The summed E-state index contributed by atoms with van der Waals surface area (Å²) in [6.45, 7) is 8.55. The van der Waals surface area contributed by atoms with Gasteiger partial charge < -0.3 is 10.1 Å². The third-order valence-electron chi connectivity index (χ3n) is 5.24. The first kappa shape index (κ1) is 19.8. The molecule has 0 bridgehead atoms. The van der Waals surface area contributed by atoms with Crippen molar-refractivity contribution in [2.24, 2.45) is 0 Å². The molecule has 1 aliphatic rings. The van der Waals surface area contributed by atoms with Gasteiger partial charge in [-0.25, -0.2) is 4.79 Å². The lowest BCUT2D eigenvalue weighted by molar-refractivity contribution is -0.140. The second-order valence-electron chi connectivity index (χ2n) is 8.45. The summed E-state index contributed by atoms with van der Waals surface area (Å²) in [6.07, 6.45) is 0. The van der Waals surface area contributed by atoms with Crippen LogP contribution in [0.1, 0.15) is 50.4 Å². The van der Waals surface area contributed by atoms with Gasteiger partial charge in [0.05, 0.1) is 5.57 Å². The molecule has 0 radical (unpaired) electrons. The summed E-state index contributed by atoms with van der Waals surface area (Å²) in [5.74, 6) is 0.104. The number of hydrogen-bond acceptors (Lipinski definition) is 6. The molecule has 1 atom stereocenters. The Kier molecular flexibility index (Phi) is 5.11. The summed E-state index contributed by atoms with van der Waals surface area (Å²) in [4.78, 5) is 13.1. The summed E-state index contributed by atoms with van der Waals surface area (Å²) >= 11 is 0. The first-order valence-electron chi connectivity index (χ1n) is 9.92. The smallest absolute Gasteiger partial charge is 0.338 e. The van der Waals surface area contributed by atoms with Crippen molar-refractivity contribution in [2.45, 2.75) is 45.8 Å². The fraction of sp³-hybridized carbons (Fsp3) is 0.304. The Hall–Kier alpha value is -3.48. The number of carbonyl (C=O) groups excluding carboxylic acids is 1. The lowest BCUT2D eigenvalue weighted by Gasteiger charge is -2.28. The minimum Gasteiger partial charge on any atom is -0.457 e. The molecule has 7 heteroatoms. The van der Waals surface area contributed by atoms with Crippen molar-refractivity contribution in [3.8, 4) is 0 Å². The molecule has 3 aromatic rings. The Bertz CT molecular complexity index is 1080. The molecule has 1 N–H and O–H groups in total. The number of carbonyl (C=O) groups is 1. The van der Waals surface area contributed by atoms with Gasteiger partial charge in [-0.1, -0.05) is 80.5 Å². The fourth-order valence-electron chi connectivity index (χ4n) is 3.55. The lowest BCUT2D eigenvalue weighted by Crippen LogP contribution is -2.29. The van der Waals surface area contributed by atoms with Gasteiger partial charge in [0.15, 0.2) is 0 Å². The molecule has 2 heterocycles. The number of allylic oxidation sites excluding steroid dienone is 1. The molecule has 154 valence electrons. The van der Waals surface area contributed by atoms with E-state index in [9.17, 15) is 4.79 Å². The van der Waals surface area contributed by atoms with E-state index in [4.69, 9.17) is 4.74 Å². The zero-order valence-corrected chi connectivity index (χ0v) is 17.6. The van der Waals surface area contributed by atoms with Crippen molar-refractivity contribution >= 4 is 11.9 Å². The van der Waals surface area contributed by atoms with E-state index in [1.165, 1.54) is 5.56 Å². The molecule has 30 heavy (non-hydrogen) atoms. The van der Waals surface area contributed by atoms with Gasteiger partial charge in [0.2, 0.25) is 5.95 Å². The van der Waals surface area contributed by atoms with Crippen LogP contribution in [0.2, 0.25) is 0 Å². The van der Waals surface area contributed by atoms with Crippen molar-refractivity contribution in [1.82, 2.24) is 20.2 Å². The molecule has 0 saturated carbocycles. The highest BCUT2D eigenvalue weighted by Gasteiger charge is 2.35. The maximum Gasteiger partial charge on any atom is 0.338 e. The normalized spacial score (nSPS) is 16.1. The van der Waals surface area contributed by atoms with Gasteiger partial charge in [-0.3, -0.25) is 0 Å². The Morgan fingerprint density at radius 1 is 1.10 bits per heavy atom. The molecule has 1 aliphatic heterocycles. The van der Waals surface area contributed by atoms with Crippen molar-refractivity contribution < 1.29 is 9.53 Å². The van der Waals surface area contributed by atoms with E-state index in [0.717, 1.165) is 11.1 Å². The van der Waals surface area contributed by atoms with E-state index in [1.807, 2.05) is 49.4 Å². The van der Waals surface area contributed by atoms with Crippen LogP contribution in [0.4, 0.5) is 5.95 Å². The second-order valence-corrected chi connectivity index (χ2v) is 8.45. The summed E-state index contributed by atoms with van der Waals surface area (Å²) in [6, 6.07) is 17.4. The predicted octanol–water partition coefficient (Wildman–Crippen LogP) is 4.00. The largest absolute Gasteiger partial charge is 0.457 e. The number of nitrogens with zero attached hydrogens (tertiary/aromatic N) is 4. The SMILES string of the molecule is CC1=C(C(=O)OCc2ccccc2)C(c2ccc(C(C)(C)C)cc2)n2nnnc2N1. The van der Waals surface area contributed by atoms with Gasteiger partial charge in [0.25, 0.3) is 0 Å². The van der Waals surface area contributed by atoms with Crippen LogP contribution in [-0.4, -0.2) is 26.2 Å². The molecule has 7 nitrogen and oxygen atoms in total. The molecule has 0 aliphatic carbocycles. The highest BCUT2D eigenvalue weighted by Crippen LogP contribution is 2.36. The summed E-state index contributed by atoms with van der Waals surface area (Å²) in [5, 5.41) is 15.0. The van der Waals surface area contributed by atoms with Crippen LogP contribution in [0.3, 0.4) is 0 Å². The Labute approximate surface area is 175 Å². The van der Waals surface area contributed by atoms with Gasteiger partial charge in [-0.2, -0.15) is 4.68 Å². The van der Waals surface area contributed by atoms with Crippen LogP contribution < -0.4 is 5.32 Å². The number of esters is 1. The summed E-state index contributed by atoms with van der Waals surface area (Å²) in [7, 11) is 0. The van der Waals surface area contributed by atoms with Crippen molar-refractivity contribution in [3.63, 3.8) is 0 Å². The quantitative estimate of drug-likeness (QED) is 0.663. The van der Waals surface area contributed by atoms with Crippen LogP contribution >= 0.6 is 0 Å². The molecule has 2 aromatic carbocycles. The zero-order valence-electron chi connectivity index (χ0n) is 17.6. The first-order chi connectivity index (χ1) is 14.3. The monoisotopic (exact) mass is 403 g/mol. The molecule has 0 spiro atoms. The first-order valence-corrected chi connectivity index (χ1v) is 9.92. The third kappa shape index (κ3) is 3.83. The Morgan fingerprint density at radius 2 is 1.80 bits per heavy atom. The highest BCUT2D eigenvalue weighted by atomic mass is 16.5. The number of tetrazole rings is 1. The van der Waals surface area contributed by atoms with Crippen LogP contribution in [0, 0.1) is 0 Å². The number of nitrogens with one attached hydrogen (secondary N) is 1. The van der Waals surface area contributed by atoms with Crippen LogP contribution in [0.5, 0.6) is 0 Å². The molecule has 0 fully saturated rings. The predicted molar refractivity (Wildman–Crippen MR) is 114 cm³/mol. The van der Waals surface area contributed by atoms with Crippen molar-refractivity contribution in [3.05, 3.63) is 82.6 Å². The standard InChI is InChI=1S/C23H25N5O2/c1-15-19(21(29)30-14-16-8-6-5-7-9-16)20(28-22(24-15)25-26-27-28)17-10-12-18(13-11-17)23(2,3)4/h5-13,20H,14H2,1-4H3,(H,24,25,27). The van der Waals surface area contributed by atoms with E-state index >= 15 is 0 Å². The number of benzene rings is 2. The van der Waals surface area contributed by atoms with E-state index in [2.05, 4.69) is 53.7 Å². The van der Waals surface area contributed by atoms with Crippen molar-refractivity contribution in [2.75, 3.05) is 5.32 Å². The second kappa shape index (κ2) is 7.74. The van der Waals surface area contributed by atoms with Gasteiger partial charge in [-0.05, 0) is 39.5 Å². The minimum atomic E-state index is -0.464. The average molecular weight is 403 g/mol. The molecule has 1 unspecified atom stereocenters. The van der Waals surface area contributed by atoms with Gasteiger partial charge >= 0.3 is 5.97 Å². The number of anilines is 1. The number of fused-ring (bicyclic) bond motifs is 1. The maximum atomic E-state index is 13.1. The zero-order chi connectivity index (χ0) is 21.3. The average Bonchev–Trinajstić information content (AvgIpc) is 3.19. The molecular formula is C23H25N5O2. The third-order valence-corrected chi connectivity index (χ3v) is 5.24. The molecule has 0 amide bonds. The molecule has 0 saturated heterocycles. The van der Waals surface area contributed by atoms with Gasteiger partial charge in [0.1, 0.15) is 12.6 Å². The summed E-state index contributed by atoms with van der Waals surface area (Å²) in [5.41, 5.74) is 4.28. The topological polar surface area (TPSA) is 81.9 Å². The maximum absolute atomic E-state index is 13.1. The van der Waals surface area contributed by atoms with Crippen LogP contribution in [0.25, 0.3) is 0 Å². The van der Waals surface area contributed by atoms with Crippen molar-refractivity contribution in [1.29, 1.82) is 0 Å². The minimum absolute atomic E-state index is 0.0375. The van der Waals surface area contributed by atoms with Crippen LogP contribution in [0.15, 0.2) is 65.9 Å². The number of ether oxygens (including phenoxy) is 1. The Balaban J connectivity index is 1.67. The number of rotatable bonds is 4. The van der Waals surface area contributed by atoms with E-state index in [-0.39, 0.29) is 12.0 Å². The molecule has 4 rings (SSSR count). The van der Waals surface area contributed by atoms with Gasteiger partial charge in [-0.15, -0.1) is 0 Å². The number of hydrogen-bond donors (Lipinski definition) is 1. The van der Waals surface area contributed by atoms with Crippen LogP contribution in [-0.2, 0) is 21.6 Å². The lowest BCUT2D eigenvalue weighted by atomic mass is 9.85. The number of aromatic nitrogens is 4. The highest BCUT2D eigenvalue weighted by molar-refractivity contribution is 5.92. The molecular weight excluding hydrogens is 378 g/mol. The Morgan fingerprint density at radius 3 is 2.47 bits per heavy atom. The fourth-order valence-corrected chi connectivity index (χ4v) is 3.55. The van der Waals surface area contributed by atoms with Gasteiger partial charge in [0, 0.05) is 5.70 Å². The van der Waals surface area contributed by atoms with E-state index in [0.29, 0.717) is 17.2 Å². The van der Waals surface area contributed by atoms with E-state index in [1.54, 1.807) is 4.68 Å². The summed E-state index contributed by atoms with van der Waals surface area (Å²) < 4.78 is 7.26. The van der Waals surface area contributed by atoms with E-state index < -0.39 is 12.0 Å².